The van der Waals surface area contributed by atoms with Crippen molar-refractivity contribution in [3.05, 3.63) is 54.1 Å². The fourth-order valence-electron chi connectivity index (χ4n) is 2.05. The minimum Gasteiger partial charge on any atom is -0.399 e. The Morgan fingerprint density at radius 1 is 0.824 bits per heavy atom. The Morgan fingerprint density at radius 2 is 1.35 bits per heavy atom. The van der Waals surface area contributed by atoms with Gasteiger partial charge in [0.05, 0.1) is 11.4 Å². The minimum absolute atomic E-state index is 0.730. The highest BCUT2D eigenvalue weighted by atomic mass is 15.3. The first-order valence-corrected chi connectivity index (χ1v) is 5.48. The van der Waals surface area contributed by atoms with Crippen molar-refractivity contribution in [3.8, 4) is 0 Å². The van der Waals surface area contributed by atoms with Crippen LogP contribution in [0.1, 0.15) is 5.56 Å². The first kappa shape index (κ1) is 9.99. The average Bonchev–Trinajstić information content (AvgIpc) is 2.67. The first-order valence-electron chi connectivity index (χ1n) is 5.48. The summed E-state index contributed by atoms with van der Waals surface area (Å²) >= 11 is 0. The van der Waals surface area contributed by atoms with Crippen LogP contribution in [0.15, 0.2) is 48.5 Å². The molecule has 0 atom stereocenters. The second-order valence-electron chi connectivity index (χ2n) is 4.23. The molecule has 0 amide bonds. The summed E-state index contributed by atoms with van der Waals surface area (Å²) < 4.78 is 0. The molecule has 3 rings (SSSR count). The largest absolute Gasteiger partial charge is 0.399 e. The molecule has 0 saturated carbocycles. The first-order chi connectivity index (χ1) is 8.17. The number of para-hydroxylation sites is 2. The zero-order chi connectivity index (χ0) is 11.9. The number of nitrogens with two attached hydrogens (primary N) is 2. The van der Waals surface area contributed by atoms with Crippen molar-refractivity contribution in [2.24, 2.45) is 5.73 Å². The third-order valence-electron chi connectivity index (χ3n) is 2.96. The van der Waals surface area contributed by atoms with Gasteiger partial charge in [0.1, 0.15) is 0 Å². The van der Waals surface area contributed by atoms with Gasteiger partial charge in [0.15, 0.2) is 5.79 Å². The molecule has 4 heteroatoms. The Balaban J connectivity index is 1.98. The molecular weight excluding hydrogens is 212 g/mol. The maximum atomic E-state index is 6.32. The van der Waals surface area contributed by atoms with Gasteiger partial charge in [-0.15, -0.1) is 0 Å². The summed E-state index contributed by atoms with van der Waals surface area (Å²) in [6.45, 7) is 0. The van der Waals surface area contributed by atoms with Gasteiger partial charge < -0.3 is 16.4 Å². The number of rotatable bonds is 1. The summed E-state index contributed by atoms with van der Waals surface area (Å²) in [5.74, 6) is -0.766. The molecule has 0 radical (unpaired) electrons. The summed E-state index contributed by atoms with van der Waals surface area (Å²) in [7, 11) is 0. The summed E-state index contributed by atoms with van der Waals surface area (Å²) in [6, 6.07) is 15.5. The summed E-state index contributed by atoms with van der Waals surface area (Å²) in [6.07, 6.45) is 0. The van der Waals surface area contributed by atoms with Crippen molar-refractivity contribution in [2.45, 2.75) is 5.79 Å². The van der Waals surface area contributed by atoms with Crippen molar-refractivity contribution in [2.75, 3.05) is 16.4 Å². The highest BCUT2D eigenvalue weighted by Gasteiger charge is 2.33. The topological polar surface area (TPSA) is 76.1 Å². The molecule has 86 valence electrons. The molecule has 0 saturated heterocycles. The number of hydrogen-bond donors (Lipinski definition) is 4. The van der Waals surface area contributed by atoms with E-state index in [4.69, 9.17) is 11.5 Å². The van der Waals surface area contributed by atoms with E-state index in [9.17, 15) is 0 Å². The summed E-state index contributed by atoms with van der Waals surface area (Å²) in [5, 5.41) is 6.54. The molecule has 0 aromatic heterocycles. The third-order valence-corrected chi connectivity index (χ3v) is 2.96. The van der Waals surface area contributed by atoms with E-state index in [1.807, 2.05) is 48.5 Å². The molecule has 17 heavy (non-hydrogen) atoms. The van der Waals surface area contributed by atoms with E-state index in [1.165, 1.54) is 0 Å². The van der Waals surface area contributed by atoms with Gasteiger partial charge in [0, 0.05) is 11.3 Å². The molecule has 1 aliphatic heterocycles. The van der Waals surface area contributed by atoms with Crippen molar-refractivity contribution in [1.29, 1.82) is 0 Å². The Labute approximate surface area is 99.6 Å². The van der Waals surface area contributed by atoms with E-state index < -0.39 is 5.79 Å². The number of anilines is 3. The lowest BCUT2D eigenvalue weighted by Gasteiger charge is -2.26. The van der Waals surface area contributed by atoms with Crippen molar-refractivity contribution >= 4 is 17.1 Å². The number of nitrogens with one attached hydrogen (secondary N) is 2. The SMILES string of the molecule is Nc1ccc(C2(N)Nc3ccccc3N2)cc1. The van der Waals surface area contributed by atoms with Crippen LogP contribution in [0.3, 0.4) is 0 Å². The Morgan fingerprint density at radius 3 is 1.88 bits per heavy atom. The minimum atomic E-state index is -0.766. The smallest absolute Gasteiger partial charge is 0.189 e. The van der Waals surface area contributed by atoms with E-state index in [0.29, 0.717) is 0 Å². The highest BCUT2D eigenvalue weighted by molar-refractivity contribution is 5.76. The maximum Gasteiger partial charge on any atom is 0.189 e. The molecule has 2 aromatic carbocycles. The molecule has 0 bridgehead atoms. The standard InChI is InChI=1S/C13H14N4/c14-10-7-5-9(6-8-10)13(15)16-11-3-1-2-4-12(11)17-13/h1-8,16-17H,14-15H2. The number of hydrogen-bond acceptors (Lipinski definition) is 4. The average molecular weight is 226 g/mol. The van der Waals surface area contributed by atoms with Crippen LogP contribution in [0.5, 0.6) is 0 Å². The van der Waals surface area contributed by atoms with Crippen LogP contribution in [0.2, 0.25) is 0 Å². The second kappa shape index (κ2) is 3.40. The summed E-state index contributed by atoms with van der Waals surface area (Å²) in [4.78, 5) is 0. The van der Waals surface area contributed by atoms with Gasteiger partial charge in [-0.25, -0.2) is 0 Å². The lowest BCUT2D eigenvalue weighted by Crippen LogP contribution is -2.47. The lowest BCUT2D eigenvalue weighted by molar-refractivity contribution is 0.612. The van der Waals surface area contributed by atoms with Gasteiger partial charge in [0.25, 0.3) is 0 Å². The molecule has 1 aliphatic rings. The molecule has 6 N–H and O–H groups in total. The van der Waals surface area contributed by atoms with Gasteiger partial charge in [0.2, 0.25) is 0 Å². The third kappa shape index (κ3) is 1.59. The predicted molar refractivity (Wildman–Crippen MR) is 70.4 cm³/mol. The summed E-state index contributed by atoms with van der Waals surface area (Å²) in [5.41, 5.74) is 15.7. The van der Waals surface area contributed by atoms with Crippen LogP contribution < -0.4 is 22.1 Å². The monoisotopic (exact) mass is 226 g/mol. The van der Waals surface area contributed by atoms with Gasteiger partial charge in [-0.05, 0) is 24.3 Å². The van der Waals surface area contributed by atoms with Crippen molar-refractivity contribution in [3.63, 3.8) is 0 Å². The molecule has 4 nitrogen and oxygen atoms in total. The van der Waals surface area contributed by atoms with Crippen LogP contribution in [0.4, 0.5) is 17.1 Å². The van der Waals surface area contributed by atoms with Gasteiger partial charge in [-0.3, -0.25) is 5.73 Å². The van der Waals surface area contributed by atoms with Crippen LogP contribution in [0.25, 0.3) is 0 Å². The lowest BCUT2D eigenvalue weighted by atomic mass is 10.1. The quantitative estimate of drug-likeness (QED) is 0.560. The maximum absolute atomic E-state index is 6.32. The van der Waals surface area contributed by atoms with Crippen LogP contribution >= 0.6 is 0 Å². The Bertz CT molecular complexity index is 523. The molecule has 0 fully saturated rings. The number of nitrogen functional groups attached to an aromatic ring is 1. The molecular formula is C13H14N4. The van der Waals surface area contributed by atoms with Gasteiger partial charge >= 0.3 is 0 Å². The molecule has 0 unspecified atom stereocenters. The van der Waals surface area contributed by atoms with E-state index in [1.54, 1.807) is 0 Å². The fraction of sp³-hybridized carbons (Fsp3) is 0.0769. The number of benzene rings is 2. The van der Waals surface area contributed by atoms with Crippen LogP contribution in [-0.4, -0.2) is 0 Å². The predicted octanol–water partition coefficient (Wildman–Crippen LogP) is 1.88. The molecule has 0 spiro atoms. The van der Waals surface area contributed by atoms with Crippen LogP contribution in [-0.2, 0) is 5.79 Å². The fourth-order valence-corrected chi connectivity index (χ4v) is 2.05. The highest BCUT2D eigenvalue weighted by Crippen LogP contribution is 2.36. The van der Waals surface area contributed by atoms with E-state index in [2.05, 4.69) is 10.6 Å². The normalized spacial score (nSPS) is 15.8. The van der Waals surface area contributed by atoms with Gasteiger partial charge in [-0.1, -0.05) is 24.3 Å². The van der Waals surface area contributed by atoms with E-state index in [-0.39, 0.29) is 0 Å². The number of fused-ring (bicyclic) bond motifs is 1. The molecule has 0 aliphatic carbocycles. The zero-order valence-electron chi connectivity index (χ0n) is 9.27. The van der Waals surface area contributed by atoms with Crippen LogP contribution in [0, 0.1) is 0 Å². The second-order valence-corrected chi connectivity index (χ2v) is 4.23. The van der Waals surface area contributed by atoms with Crippen molar-refractivity contribution in [1.82, 2.24) is 0 Å². The zero-order valence-corrected chi connectivity index (χ0v) is 9.27. The van der Waals surface area contributed by atoms with E-state index in [0.717, 1.165) is 22.6 Å². The Kier molecular flexibility index (Phi) is 2.00. The van der Waals surface area contributed by atoms with E-state index >= 15 is 0 Å². The molecule has 1 heterocycles. The van der Waals surface area contributed by atoms with Crippen molar-refractivity contribution < 1.29 is 0 Å². The molecule has 2 aromatic rings. The van der Waals surface area contributed by atoms with Gasteiger partial charge in [-0.2, -0.15) is 0 Å². The Hall–Kier alpha value is -2.20.